The molecule has 2 heterocycles. The highest BCUT2D eigenvalue weighted by Crippen LogP contribution is 2.38. The fourth-order valence-corrected chi connectivity index (χ4v) is 4.79. The van der Waals surface area contributed by atoms with E-state index in [4.69, 9.17) is 5.10 Å². The van der Waals surface area contributed by atoms with Gasteiger partial charge in [0.1, 0.15) is 0 Å². The quantitative estimate of drug-likeness (QED) is 0.422. The van der Waals surface area contributed by atoms with E-state index in [1.54, 1.807) is 5.01 Å². The number of carbonyl (C=O) groups excluding carboxylic acids is 1. The molecule has 0 spiro atoms. The van der Waals surface area contributed by atoms with E-state index in [0.29, 0.717) is 24.1 Å². The Morgan fingerprint density at radius 3 is 2.41 bits per heavy atom. The summed E-state index contributed by atoms with van der Waals surface area (Å²) < 4.78 is 0. The van der Waals surface area contributed by atoms with Crippen molar-refractivity contribution >= 4 is 22.5 Å². The lowest BCUT2D eigenvalue weighted by Crippen LogP contribution is -2.26. The van der Waals surface area contributed by atoms with Crippen molar-refractivity contribution in [2.24, 2.45) is 5.10 Å². The second kappa shape index (κ2) is 8.75. The topological polar surface area (TPSA) is 65.5 Å². The van der Waals surface area contributed by atoms with Crippen LogP contribution in [0.4, 0.5) is 0 Å². The first-order chi connectivity index (χ1) is 16.5. The molecule has 0 radical (unpaired) electrons. The highest BCUT2D eigenvalue weighted by molar-refractivity contribution is 6.12. The van der Waals surface area contributed by atoms with Crippen LogP contribution in [0.1, 0.15) is 48.1 Å². The van der Waals surface area contributed by atoms with E-state index < -0.39 is 0 Å². The predicted molar refractivity (Wildman–Crippen MR) is 137 cm³/mol. The molecule has 3 aromatic carbocycles. The predicted octanol–water partition coefficient (Wildman–Crippen LogP) is 5.90. The summed E-state index contributed by atoms with van der Waals surface area (Å²) in [7, 11) is 0. The zero-order chi connectivity index (χ0) is 23.8. The molecular formula is C29H27N3O2. The van der Waals surface area contributed by atoms with E-state index in [2.05, 4.69) is 17.1 Å². The van der Waals surface area contributed by atoms with Crippen LogP contribution in [0.2, 0.25) is 0 Å². The van der Waals surface area contributed by atoms with E-state index in [9.17, 15) is 9.59 Å². The van der Waals surface area contributed by atoms with Gasteiger partial charge in [-0.2, -0.15) is 5.10 Å². The molecule has 34 heavy (non-hydrogen) atoms. The van der Waals surface area contributed by atoms with E-state index in [-0.39, 0.29) is 17.5 Å². The third-order valence-corrected chi connectivity index (χ3v) is 6.57. The van der Waals surface area contributed by atoms with Gasteiger partial charge < -0.3 is 4.98 Å². The summed E-state index contributed by atoms with van der Waals surface area (Å²) >= 11 is 0. The summed E-state index contributed by atoms with van der Waals surface area (Å²) in [6.07, 6.45) is 0.828. The fraction of sp³-hybridized carbons (Fsp3) is 0.207. The van der Waals surface area contributed by atoms with Crippen LogP contribution < -0.4 is 5.56 Å². The first kappa shape index (κ1) is 21.8. The second-order valence-corrected chi connectivity index (χ2v) is 8.83. The third-order valence-electron chi connectivity index (χ3n) is 6.57. The zero-order valence-electron chi connectivity index (χ0n) is 19.6. The normalized spacial score (nSPS) is 15.6. The van der Waals surface area contributed by atoms with E-state index in [1.165, 1.54) is 0 Å². The van der Waals surface area contributed by atoms with Crippen molar-refractivity contribution in [1.82, 2.24) is 9.99 Å². The average molecular weight is 450 g/mol. The van der Waals surface area contributed by atoms with Crippen LogP contribution in [0, 0.1) is 13.8 Å². The molecule has 5 nitrogen and oxygen atoms in total. The number of rotatable bonds is 4. The number of aryl methyl sites for hydroxylation is 2. The van der Waals surface area contributed by atoms with Gasteiger partial charge in [0.2, 0.25) is 5.91 Å². The molecule has 1 unspecified atom stereocenters. The molecule has 1 amide bonds. The number of hydrogen-bond acceptors (Lipinski definition) is 3. The molecule has 1 N–H and O–H groups in total. The Kier molecular flexibility index (Phi) is 5.62. The number of benzene rings is 3. The van der Waals surface area contributed by atoms with Crippen LogP contribution in [0.15, 0.2) is 82.7 Å². The zero-order valence-corrected chi connectivity index (χ0v) is 19.6. The minimum atomic E-state index is -0.236. The number of fused-ring (bicyclic) bond motifs is 1. The number of nitrogens with one attached hydrogen (secondary N) is 1. The molecule has 1 aliphatic heterocycles. The van der Waals surface area contributed by atoms with Gasteiger partial charge in [-0.1, -0.05) is 79.2 Å². The SMILES string of the molecule is CCC(=O)N1N=C(c2c(-c3ccc(C)cc3)c3ccccc3[nH]c2=O)CC1c1ccccc1C. The molecular weight excluding hydrogens is 422 g/mol. The number of aromatic nitrogens is 1. The largest absolute Gasteiger partial charge is 0.321 e. The monoisotopic (exact) mass is 449 g/mol. The maximum atomic E-state index is 13.5. The van der Waals surface area contributed by atoms with E-state index in [0.717, 1.165) is 38.7 Å². The summed E-state index contributed by atoms with van der Waals surface area (Å²) in [5, 5.41) is 7.31. The maximum absolute atomic E-state index is 13.5. The standard InChI is InChI=1S/C29H27N3O2/c1-4-26(33)32-25(21-10-6-5-9-19(21)3)17-24(31-32)28-27(20-15-13-18(2)14-16-20)22-11-7-8-12-23(22)30-29(28)34/h5-16,25H,4,17H2,1-3H3,(H,30,34). The van der Waals surface area contributed by atoms with Crippen molar-refractivity contribution in [2.75, 3.05) is 0 Å². The Hall–Kier alpha value is -3.99. The first-order valence-corrected chi connectivity index (χ1v) is 11.7. The summed E-state index contributed by atoms with van der Waals surface area (Å²) in [6.45, 7) is 5.93. The van der Waals surface area contributed by atoms with Crippen LogP contribution in [-0.2, 0) is 4.79 Å². The molecule has 5 heteroatoms. The van der Waals surface area contributed by atoms with Crippen LogP contribution in [0.5, 0.6) is 0 Å². The summed E-state index contributed by atoms with van der Waals surface area (Å²) in [4.78, 5) is 29.4. The summed E-state index contributed by atoms with van der Waals surface area (Å²) in [5.41, 5.74) is 6.87. The van der Waals surface area contributed by atoms with Crippen LogP contribution >= 0.6 is 0 Å². The third kappa shape index (κ3) is 3.73. The number of nitrogens with zero attached hydrogens (tertiary/aromatic N) is 2. The number of amides is 1. The highest BCUT2D eigenvalue weighted by atomic mass is 16.2. The highest BCUT2D eigenvalue weighted by Gasteiger charge is 2.35. The molecule has 170 valence electrons. The molecule has 5 rings (SSSR count). The van der Waals surface area contributed by atoms with Gasteiger partial charge in [0.15, 0.2) is 0 Å². The summed E-state index contributed by atoms with van der Waals surface area (Å²) in [5.74, 6) is -0.0580. The van der Waals surface area contributed by atoms with Crippen molar-refractivity contribution < 1.29 is 4.79 Å². The number of hydrogen-bond donors (Lipinski definition) is 1. The average Bonchev–Trinajstić information content (AvgIpc) is 3.28. The Morgan fingerprint density at radius 1 is 0.971 bits per heavy atom. The van der Waals surface area contributed by atoms with Gasteiger partial charge in [-0.15, -0.1) is 0 Å². The van der Waals surface area contributed by atoms with Gasteiger partial charge in [0.05, 0.1) is 17.3 Å². The van der Waals surface area contributed by atoms with Crippen molar-refractivity contribution in [3.05, 3.63) is 105 Å². The smallest absolute Gasteiger partial charge is 0.258 e. The Morgan fingerprint density at radius 2 is 1.68 bits per heavy atom. The second-order valence-electron chi connectivity index (χ2n) is 8.83. The van der Waals surface area contributed by atoms with Gasteiger partial charge >= 0.3 is 0 Å². The summed E-state index contributed by atoms with van der Waals surface area (Å²) in [6, 6.07) is 23.8. The van der Waals surface area contributed by atoms with Crippen LogP contribution in [-0.4, -0.2) is 21.6 Å². The van der Waals surface area contributed by atoms with Crippen molar-refractivity contribution in [2.45, 2.75) is 39.7 Å². The lowest BCUT2D eigenvalue weighted by atomic mass is 9.90. The van der Waals surface area contributed by atoms with Crippen LogP contribution in [0.3, 0.4) is 0 Å². The number of para-hydroxylation sites is 1. The maximum Gasteiger partial charge on any atom is 0.258 e. The number of carbonyl (C=O) groups is 1. The van der Waals surface area contributed by atoms with Gasteiger partial charge in [0.25, 0.3) is 5.56 Å². The van der Waals surface area contributed by atoms with E-state index in [1.807, 2.05) is 81.4 Å². The van der Waals surface area contributed by atoms with E-state index >= 15 is 0 Å². The lowest BCUT2D eigenvalue weighted by molar-refractivity contribution is -0.132. The van der Waals surface area contributed by atoms with Gasteiger partial charge in [-0.3, -0.25) is 9.59 Å². The number of pyridine rings is 1. The molecule has 0 saturated carbocycles. The molecule has 1 atom stereocenters. The molecule has 4 aromatic rings. The Labute approximate surface area is 198 Å². The lowest BCUT2D eigenvalue weighted by Gasteiger charge is -2.23. The Bertz CT molecular complexity index is 1480. The fourth-order valence-electron chi connectivity index (χ4n) is 4.79. The van der Waals surface area contributed by atoms with Gasteiger partial charge in [-0.05, 0) is 36.6 Å². The minimum Gasteiger partial charge on any atom is -0.321 e. The van der Waals surface area contributed by atoms with Crippen molar-refractivity contribution in [3.8, 4) is 11.1 Å². The van der Waals surface area contributed by atoms with Crippen LogP contribution in [0.25, 0.3) is 22.0 Å². The molecule has 0 aliphatic carbocycles. The molecule has 0 saturated heterocycles. The number of hydrazone groups is 1. The van der Waals surface area contributed by atoms with Gasteiger partial charge in [-0.25, -0.2) is 5.01 Å². The minimum absolute atomic E-state index is 0.0580. The van der Waals surface area contributed by atoms with Crippen molar-refractivity contribution in [3.63, 3.8) is 0 Å². The first-order valence-electron chi connectivity index (χ1n) is 11.7. The number of H-pyrrole nitrogens is 1. The molecule has 1 aliphatic rings. The van der Waals surface area contributed by atoms with Gasteiger partial charge in [0, 0.05) is 29.3 Å². The van der Waals surface area contributed by atoms with Crippen molar-refractivity contribution in [1.29, 1.82) is 0 Å². The molecule has 0 bridgehead atoms. The Balaban J connectivity index is 1.74. The molecule has 0 fully saturated rings. The number of aromatic amines is 1. The molecule has 1 aromatic heterocycles.